The summed E-state index contributed by atoms with van der Waals surface area (Å²) in [6.07, 6.45) is 3.64. The maximum absolute atomic E-state index is 11.6. The average Bonchev–Trinajstić information content (AvgIpc) is 3.16. The van der Waals surface area contributed by atoms with Crippen molar-refractivity contribution >= 4 is 35.0 Å². The second-order valence-corrected chi connectivity index (χ2v) is 10.3. The summed E-state index contributed by atoms with van der Waals surface area (Å²) in [5.74, 6) is 1.46. The van der Waals surface area contributed by atoms with E-state index in [1.165, 1.54) is 31.3 Å². The van der Waals surface area contributed by atoms with E-state index in [2.05, 4.69) is 39.6 Å². The Kier molecular flexibility index (Phi) is 7.53. The van der Waals surface area contributed by atoms with Crippen LogP contribution in [0.3, 0.4) is 0 Å². The highest BCUT2D eigenvalue weighted by Gasteiger charge is 2.30. The van der Waals surface area contributed by atoms with Crippen molar-refractivity contribution in [1.29, 1.82) is 0 Å². The minimum Gasteiger partial charge on any atom is -0.326 e. The first kappa shape index (κ1) is 24.2. The van der Waals surface area contributed by atoms with Gasteiger partial charge in [-0.2, -0.15) is 5.10 Å². The van der Waals surface area contributed by atoms with Crippen LogP contribution in [-0.2, 0) is 11.2 Å². The van der Waals surface area contributed by atoms with Crippen LogP contribution in [0.25, 0.3) is 0 Å². The molecular weight excluding hydrogens is 446 g/mol. The number of benzene rings is 1. The number of aromatic amines is 1. The van der Waals surface area contributed by atoms with Crippen LogP contribution in [0.2, 0.25) is 0 Å². The van der Waals surface area contributed by atoms with Crippen LogP contribution in [0.15, 0.2) is 46.5 Å². The predicted molar refractivity (Wildman–Crippen MR) is 137 cm³/mol. The van der Waals surface area contributed by atoms with E-state index >= 15 is 0 Å². The molecule has 2 aromatic heterocycles. The molecule has 1 aliphatic rings. The molecule has 3 N–H and O–H groups in total. The standard InChI is InChI=1S/C25H33N7OS/c1-5-23(33)26-18-7-9-20(10-8-18)34-24-27-19(11-12-25(3,4)32-13-6-14-32)16-21(29-24)28-22-15-17(2)30-31-22/h7-10,15-16H,5-6,11-14H2,1-4H3,(H,26,33)(H2,27,28,29,30,31). The van der Waals surface area contributed by atoms with Crippen molar-refractivity contribution in [2.24, 2.45) is 0 Å². The maximum atomic E-state index is 11.6. The minimum atomic E-state index is 0.00177. The molecule has 8 nitrogen and oxygen atoms in total. The molecule has 0 saturated carbocycles. The number of nitrogens with zero attached hydrogens (tertiary/aromatic N) is 4. The zero-order chi connectivity index (χ0) is 24.1. The van der Waals surface area contributed by atoms with Crippen LogP contribution in [0.4, 0.5) is 17.3 Å². The number of hydrogen-bond acceptors (Lipinski definition) is 7. The molecule has 1 aliphatic heterocycles. The van der Waals surface area contributed by atoms with Crippen LogP contribution in [0.5, 0.6) is 0 Å². The number of nitrogens with one attached hydrogen (secondary N) is 3. The highest BCUT2D eigenvalue weighted by Crippen LogP contribution is 2.30. The molecule has 0 atom stereocenters. The smallest absolute Gasteiger partial charge is 0.224 e. The Labute approximate surface area is 205 Å². The lowest BCUT2D eigenvalue weighted by Gasteiger charge is -2.44. The summed E-state index contributed by atoms with van der Waals surface area (Å²) in [6.45, 7) is 10.8. The Hall–Kier alpha value is -2.91. The molecular formula is C25H33N7OS. The van der Waals surface area contributed by atoms with Crippen LogP contribution in [-0.4, -0.2) is 49.6 Å². The van der Waals surface area contributed by atoms with Crippen molar-refractivity contribution in [3.8, 4) is 0 Å². The van der Waals surface area contributed by atoms with Gasteiger partial charge in [0.05, 0.1) is 0 Å². The third-order valence-electron chi connectivity index (χ3n) is 6.09. The van der Waals surface area contributed by atoms with E-state index in [1.807, 2.05) is 50.2 Å². The fourth-order valence-electron chi connectivity index (χ4n) is 3.80. The average molecular weight is 480 g/mol. The van der Waals surface area contributed by atoms with Gasteiger partial charge in [0, 0.05) is 46.1 Å². The Morgan fingerprint density at radius 3 is 2.53 bits per heavy atom. The molecule has 0 bridgehead atoms. The fourth-order valence-corrected chi connectivity index (χ4v) is 4.59. The van der Waals surface area contributed by atoms with Gasteiger partial charge in [-0.1, -0.05) is 6.92 Å². The van der Waals surface area contributed by atoms with E-state index in [4.69, 9.17) is 9.97 Å². The SMILES string of the molecule is CCC(=O)Nc1ccc(Sc2nc(CCC(C)(C)N3CCC3)cc(Nc3cc(C)[nH]n3)n2)cc1. The molecule has 0 spiro atoms. The van der Waals surface area contributed by atoms with E-state index in [0.717, 1.165) is 46.4 Å². The molecule has 180 valence electrons. The molecule has 34 heavy (non-hydrogen) atoms. The summed E-state index contributed by atoms with van der Waals surface area (Å²) >= 11 is 1.51. The number of rotatable bonds is 10. The van der Waals surface area contributed by atoms with Crippen LogP contribution < -0.4 is 10.6 Å². The second-order valence-electron chi connectivity index (χ2n) is 9.27. The molecule has 1 aromatic carbocycles. The molecule has 4 rings (SSSR count). The number of anilines is 3. The van der Waals surface area contributed by atoms with Crippen molar-refractivity contribution in [1.82, 2.24) is 25.1 Å². The van der Waals surface area contributed by atoms with Gasteiger partial charge in [-0.3, -0.25) is 14.8 Å². The summed E-state index contributed by atoms with van der Waals surface area (Å²) in [6, 6.07) is 11.7. The lowest BCUT2D eigenvalue weighted by atomic mass is 9.92. The number of amides is 1. The Morgan fingerprint density at radius 1 is 1.15 bits per heavy atom. The van der Waals surface area contributed by atoms with Gasteiger partial charge in [-0.05, 0) is 89.2 Å². The van der Waals surface area contributed by atoms with Crippen LogP contribution >= 0.6 is 11.8 Å². The molecule has 1 fully saturated rings. The lowest BCUT2D eigenvalue weighted by molar-refractivity contribution is -0.115. The third kappa shape index (κ3) is 6.36. The molecule has 1 amide bonds. The van der Waals surface area contributed by atoms with Gasteiger partial charge >= 0.3 is 0 Å². The quantitative estimate of drug-likeness (QED) is 0.345. The van der Waals surface area contributed by atoms with Crippen LogP contribution in [0.1, 0.15) is 51.4 Å². The minimum absolute atomic E-state index is 0.00177. The highest BCUT2D eigenvalue weighted by atomic mass is 32.2. The van der Waals surface area contributed by atoms with E-state index < -0.39 is 0 Å². The van der Waals surface area contributed by atoms with Crippen molar-refractivity contribution in [2.45, 2.75) is 69.0 Å². The van der Waals surface area contributed by atoms with E-state index in [9.17, 15) is 4.79 Å². The lowest BCUT2D eigenvalue weighted by Crippen LogP contribution is -2.51. The van der Waals surface area contributed by atoms with E-state index in [1.54, 1.807) is 0 Å². The summed E-state index contributed by atoms with van der Waals surface area (Å²) in [5.41, 5.74) is 2.93. The van der Waals surface area contributed by atoms with Gasteiger partial charge in [-0.15, -0.1) is 0 Å². The number of aryl methyl sites for hydroxylation is 2. The zero-order valence-electron chi connectivity index (χ0n) is 20.3. The summed E-state index contributed by atoms with van der Waals surface area (Å²) in [5, 5.41) is 14.1. The van der Waals surface area contributed by atoms with Crippen molar-refractivity contribution in [2.75, 3.05) is 23.7 Å². The van der Waals surface area contributed by atoms with E-state index in [0.29, 0.717) is 11.6 Å². The first-order chi connectivity index (χ1) is 16.3. The van der Waals surface area contributed by atoms with Crippen LogP contribution in [0, 0.1) is 6.92 Å². The maximum Gasteiger partial charge on any atom is 0.224 e. The number of H-pyrrole nitrogens is 1. The monoisotopic (exact) mass is 479 g/mol. The molecule has 3 aromatic rings. The predicted octanol–water partition coefficient (Wildman–Crippen LogP) is 5.17. The number of aromatic nitrogens is 4. The Bertz CT molecular complexity index is 1120. The number of carbonyl (C=O) groups excluding carboxylic acids is 1. The number of hydrogen-bond donors (Lipinski definition) is 3. The normalized spacial score (nSPS) is 14.0. The molecule has 1 saturated heterocycles. The fraction of sp³-hybridized carbons (Fsp3) is 0.440. The topological polar surface area (TPSA) is 98.8 Å². The van der Waals surface area contributed by atoms with Crippen molar-refractivity contribution in [3.05, 3.63) is 47.8 Å². The molecule has 0 unspecified atom stereocenters. The molecule has 3 heterocycles. The first-order valence-corrected chi connectivity index (χ1v) is 12.6. The zero-order valence-corrected chi connectivity index (χ0v) is 21.1. The first-order valence-electron chi connectivity index (χ1n) is 11.8. The summed E-state index contributed by atoms with van der Waals surface area (Å²) in [4.78, 5) is 24.8. The van der Waals surface area contributed by atoms with Gasteiger partial charge in [0.25, 0.3) is 0 Å². The number of carbonyl (C=O) groups is 1. The Morgan fingerprint density at radius 2 is 1.91 bits per heavy atom. The Balaban J connectivity index is 1.51. The number of likely N-dealkylation sites (tertiary alicyclic amines) is 1. The van der Waals surface area contributed by atoms with Crippen molar-refractivity contribution in [3.63, 3.8) is 0 Å². The van der Waals surface area contributed by atoms with Gasteiger partial charge in [-0.25, -0.2) is 9.97 Å². The molecule has 0 radical (unpaired) electrons. The highest BCUT2D eigenvalue weighted by molar-refractivity contribution is 7.99. The molecule has 9 heteroatoms. The van der Waals surface area contributed by atoms with Crippen molar-refractivity contribution < 1.29 is 4.79 Å². The largest absolute Gasteiger partial charge is 0.326 e. The van der Waals surface area contributed by atoms with Gasteiger partial charge in [0.1, 0.15) is 5.82 Å². The van der Waals surface area contributed by atoms with E-state index in [-0.39, 0.29) is 11.4 Å². The summed E-state index contributed by atoms with van der Waals surface area (Å²) in [7, 11) is 0. The van der Waals surface area contributed by atoms with Gasteiger partial charge in [0.2, 0.25) is 5.91 Å². The third-order valence-corrected chi connectivity index (χ3v) is 6.97. The van der Waals surface area contributed by atoms with Gasteiger partial charge < -0.3 is 10.6 Å². The second kappa shape index (κ2) is 10.6. The molecule has 0 aliphatic carbocycles. The summed E-state index contributed by atoms with van der Waals surface area (Å²) < 4.78 is 0. The van der Waals surface area contributed by atoms with Gasteiger partial charge in [0.15, 0.2) is 11.0 Å².